The molecule has 0 bridgehead atoms. The van der Waals surface area contributed by atoms with E-state index in [0.717, 1.165) is 5.56 Å². The summed E-state index contributed by atoms with van der Waals surface area (Å²) >= 11 is 12.1. The number of nitrogen functional groups attached to an aromatic ring is 1. The topological polar surface area (TPSA) is 35.2 Å². The van der Waals surface area contributed by atoms with Crippen LogP contribution in [0.5, 0.6) is 5.75 Å². The first kappa shape index (κ1) is 13.1. The summed E-state index contributed by atoms with van der Waals surface area (Å²) in [7, 11) is 0. The van der Waals surface area contributed by atoms with Crippen LogP contribution in [0, 0.1) is 6.92 Å². The van der Waals surface area contributed by atoms with Crippen LogP contribution in [-0.2, 0) is 6.61 Å². The van der Waals surface area contributed by atoms with Crippen LogP contribution in [0.3, 0.4) is 0 Å². The van der Waals surface area contributed by atoms with Crippen LogP contribution in [0.2, 0.25) is 10.0 Å². The second-order valence-electron chi connectivity index (χ2n) is 4.03. The lowest BCUT2D eigenvalue weighted by Crippen LogP contribution is -1.99. The number of hydrogen-bond donors (Lipinski definition) is 1. The van der Waals surface area contributed by atoms with Crippen molar-refractivity contribution >= 4 is 28.9 Å². The average Bonchev–Trinajstić information content (AvgIpc) is 2.30. The van der Waals surface area contributed by atoms with Gasteiger partial charge in [0.05, 0.1) is 10.0 Å². The molecule has 2 N–H and O–H groups in total. The predicted molar refractivity (Wildman–Crippen MR) is 76.4 cm³/mol. The van der Waals surface area contributed by atoms with Crippen molar-refractivity contribution in [3.63, 3.8) is 0 Å². The zero-order valence-electron chi connectivity index (χ0n) is 9.91. The van der Waals surface area contributed by atoms with Crippen LogP contribution < -0.4 is 10.5 Å². The van der Waals surface area contributed by atoms with Gasteiger partial charge in [0, 0.05) is 5.69 Å². The summed E-state index contributed by atoms with van der Waals surface area (Å²) in [4.78, 5) is 0. The number of nitrogens with two attached hydrogens (primary N) is 1. The number of halogens is 2. The molecule has 2 rings (SSSR count). The van der Waals surface area contributed by atoms with Crippen LogP contribution in [0.15, 0.2) is 36.4 Å². The van der Waals surface area contributed by atoms with E-state index in [2.05, 4.69) is 0 Å². The number of hydrogen-bond acceptors (Lipinski definition) is 2. The van der Waals surface area contributed by atoms with Crippen molar-refractivity contribution in [1.82, 2.24) is 0 Å². The summed E-state index contributed by atoms with van der Waals surface area (Å²) < 4.78 is 5.67. The fourth-order valence-corrected chi connectivity index (χ4v) is 2.25. The Balaban J connectivity index is 2.19. The molecule has 0 amide bonds. The molecule has 4 heteroatoms. The first-order valence-corrected chi connectivity index (χ1v) is 6.25. The first-order valence-electron chi connectivity index (χ1n) is 5.50. The van der Waals surface area contributed by atoms with Gasteiger partial charge < -0.3 is 10.5 Å². The van der Waals surface area contributed by atoms with E-state index in [1.807, 2.05) is 31.2 Å². The number of ether oxygens (including phenoxy) is 1. The Labute approximate surface area is 116 Å². The Morgan fingerprint density at radius 1 is 1.11 bits per heavy atom. The maximum atomic E-state index is 6.05. The lowest BCUT2D eigenvalue weighted by molar-refractivity contribution is 0.306. The highest BCUT2D eigenvalue weighted by Crippen LogP contribution is 2.35. The number of aryl methyl sites for hydroxylation is 1. The molecule has 18 heavy (non-hydrogen) atoms. The highest BCUT2D eigenvalue weighted by Gasteiger charge is 2.09. The van der Waals surface area contributed by atoms with Gasteiger partial charge in [-0.1, -0.05) is 47.5 Å². The Hall–Kier alpha value is -1.38. The van der Waals surface area contributed by atoms with Gasteiger partial charge in [0.2, 0.25) is 0 Å². The van der Waals surface area contributed by atoms with Crippen LogP contribution in [-0.4, -0.2) is 0 Å². The Kier molecular flexibility index (Phi) is 4.00. The summed E-state index contributed by atoms with van der Waals surface area (Å²) in [6.45, 7) is 2.46. The molecule has 0 unspecified atom stereocenters. The van der Waals surface area contributed by atoms with Crippen molar-refractivity contribution in [3.8, 4) is 5.75 Å². The van der Waals surface area contributed by atoms with Gasteiger partial charge in [-0.15, -0.1) is 0 Å². The minimum Gasteiger partial charge on any atom is -0.486 e. The van der Waals surface area contributed by atoms with Crippen LogP contribution in [0.4, 0.5) is 5.69 Å². The van der Waals surface area contributed by atoms with E-state index in [0.29, 0.717) is 28.1 Å². The first-order chi connectivity index (χ1) is 8.58. The smallest absolute Gasteiger partial charge is 0.157 e. The lowest BCUT2D eigenvalue weighted by Gasteiger charge is -2.12. The second kappa shape index (κ2) is 5.51. The molecule has 2 aromatic carbocycles. The van der Waals surface area contributed by atoms with Gasteiger partial charge in [-0.05, 0) is 30.2 Å². The van der Waals surface area contributed by atoms with Crippen LogP contribution >= 0.6 is 23.2 Å². The summed E-state index contributed by atoms with van der Waals surface area (Å²) in [6, 6.07) is 11.3. The largest absolute Gasteiger partial charge is 0.486 e. The van der Waals surface area contributed by atoms with Crippen molar-refractivity contribution in [2.45, 2.75) is 13.5 Å². The Morgan fingerprint density at radius 3 is 2.33 bits per heavy atom. The highest BCUT2D eigenvalue weighted by atomic mass is 35.5. The number of benzene rings is 2. The molecule has 0 saturated carbocycles. The van der Waals surface area contributed by atoms with E-state index in [1.165, 1.54) is 5.56 Å². The van der Waals surface area contributed by atoms with Gasteiger partial charge in [-0.3, -0.25) is 0 Å². The summed E-state index contributed by atoms with van der Waals surface area (Å²) in [6.07, 6.45) is 0. The highest BCUT2D eigenvalue weighted by molar-refractivity contribution is 6.37. The molecule has 0 aliphatic heterocycles. The lowest BCUT2D eigenvalue weighted by atomic mass is 10.1. The third-order valence-electron chi connectivity index (χ3n) is 2.65. The molecule has 0 heterocycles. The molecule has 0 spiro atoms. The van der Waals surface area contributed by atoms with Crippen molar-refractivity contribution in [2.24, 2.45) is 0 Å². The van der Waals surface area contributed by atoms with Crippen molar-refractivity contribution in [1.29, 1.82) is 0 Å². The zero-order valence-corrected chi connectivity index (χ0v) is 11.4. The molecule has 0 atom stereocenters. The molecule has 0 fully saturated rings. The maximum absolute atomic E-state index is 6.05. The molecular formula is C14H13Cl2NO. The van der Waals surface area contributed by atoms with E-state index in [4.69, 9.17) is 33.7 Å². The van der Waals surface area contributed by atoms with Gasteiger partial charge in [0.15, 0.2) is 5.75 Å². The van der Waals surface area contributed by atoms with Crippen molar-refractivity contribution in [2.75, 3.05) is 5.73 Å². The normalized spacial score (nSPS) is 10.4. The van der Waals surface area contributed by atoms with Gasteiger partial charge >= 0.3 is 0 Å². The molecule has 0 saturated heterocycles. The van der Waals surface area contributed by atoms with Gasteiger partial charge in [0.25, 0.3) is 0 Å². The second-order valence-corrected chi connectivity index (χ2v) is 4.84. The summed E-state index contributed by atoms with van der Waals surface area (Å²) in [5.41, 5.74) is 8.42. The monoisotopic (exact) mass is 281 g/mol. The number of anilines is 1. The van der Waals surface area contributed by atoms with E-state index >= 15 is 0 Å². The quantitative estimate of drug-likeness (QED) is 0.843. The third kappa shape index (κ3) is 2.89. The van der Waals surface area contributed by atoms with Gasteiger partial charge in [-0.25, -0.2) is 0 Å². The molecule has 0 radical (unpaired) electrons. The summed E-state index contributed by atoms with van der Waals surface area (Å²) in [5.74, 6) is 0.468. The Bertz CT molecular complexity index is 546. The molecule has 2 nitrogen and oxygen atoms in total. The molecular weight excluding hydrogens is 269 g/mol. The molecule has 0 aliphatic rings. The predicted octanol–water partition coefficient (Wildman–Crippen LogP) is 4.46. The summed E-state index contributed by atoms with van der Waals surface area (Å²) in [5, 5.41) is 0.849. The van der Waals surface area contributed by atoms with E-state index in [1.54, 1.807) is 12.1 Å². The SMILES string of the molecule is Cc1ccccc1COc1c(Cl)cc(N)cc1Cl. The van der Waals surface area contributed by atoms with Crippen LogP contribution in [0.25, 0.3) is 0 Å². The van der Waals surface area contributed by atoms with Crippen molar-refractivity contribution in [3.05, 3.63) is 57.6 Å². The van der Waals surface area contributed by atoms with Crippen LogP contribution in [0.1, 0.15) is 11.1 Å². The molecule has 2 aromatic rings. The fraction of sp³-hybridized carbons (Fsp3) is 0.143. The van der Waals surface area contributed by atoms with E-state index in [-0.39, 0.29) is 0 Å². The molecule has 94 valence electrons. The van der Waals surface area contributed by atoms with E-state index < -0.39 is 0 Å². The van der Waals surface area contributed by atoms with Gasteiger partial charge in [0.1, 0.15) is 6.61 Å². The third-order valence-corrected chi connectivity index (χ3v) is 3.22. The standard InChI is InChI=1S/C14H13Cl2NO/c1-9-4-2-3-5-10(9)8-18-14-12(15)6-11(17)7-13(14)16/h2-7H,8,17H2,1H3. The van der Waals surface area contributed by atoms with E-state index in [9.17, 15) is 0 Å². The fourth-order valence-electron chi connectivity index (χ4n) is 1.64. The average molecular weight is 282 g/mol. The van der Waals surface area contributed by atoms with Gasteiger partial charge in [-0.2, -0.15) is 0 Å². The minimum absolute atomic E-state index is 0.425. The zero-order chi connectivity index (χ0) is 13.1. The van der Waals surface area contributed by atoms with Crippen molar-refractivity contribution < 1.29 is 4.74 Å². The number of rotatable bonds is 3. The molecule has 0 aromatic heterocycles. The Morgan fingerprint density at radius 2 is 1.72 bits per heavy atom. The minimum atomic E-state index is 0.425. The molecule has 0 aliphatic carbocycles. The maximum Gasteiger partial charge on any atom is 0.157 e.